The van der Waals surface area contributed by atoms with E-state index in [1.54, 1.807) is 37.4 Å². The maximum Gasteiger partial charge on any atom is 0.255 e. The third-order valence-electron chi connectivity index (χ3n) is 4.78. The lowest BCUT2D eigenvalue weighted by molar-refractivity contribution is 0.102. The summed E-state index contributed by atoms with van der Waals surface area (Å²) in [5.74, 6) is 0.434. The first kappa shape index (κ1) is 19.4. The lowest BCUT2D eigenvalue weighted by atomic mass is 10.1. The van der Waals surface area contributed by atoms with Gasteiger partial charge in [0.1, 0.15) is 5.75 Å². The van der Waals surface area contributed by atoms with Gasteiger partial charge in [-0.1, -0.05) is 12.8 Å². The van der Waals surface area contributed by atoms with Crippen molar-refractivity contribution < 1.29 is 17.9 Å². The normalized spacial score (nSPS) is 14.9. The largest absolute Gasteiger partial charge is 0.497 e. The molecule has 0 spiro atoms. The molecule has 0 radical (unpaired) electrons. The van der Waals surface area contributed by atoms with Crippen LogP contribution in [0.15, 0.2) is 47.4 Å². The summed E-state index contributed by atoms with van der Waals surface area (Å²) < 4.78 is 32.8. The summed E-state index contributed by atoms with van der Waals surface area (Å²) in [5, 5.41) is 2.79. The predicted octanol–water partition coefficient (Wildman–Crippen LogP) is 3.48. The third kappa shape index (κ3) is 4.67. The van der Waals surface area contributed by atoms with Crippen molar-refractivity contribution in [3.8, 4) is 5.75 Å². The summed E-state index contributed by atoms with van der Waals surface area (Å²) in [6.45, 7) is 1.84. The maximum atomic E-state index is 12.5. The first-order chi connectivity index (χ1) is 12.9. The minimum absolute atomic E-state index is 0.0208. The number of amides is 1. The molecule has 1 aliphatic rings. The second-order valence-corrected chi connectivity index (χ2v) is 8.48. The number of nitrogens with one attached hydrogen (secondary N) is 2. The molecule has 1 aliphatic carbocycles. The Hall–Kier alpha value is -2.38. The molecule has 1 amide bonds. The first-order valence-electron chi connectivity index (χ1n) is 8.97. The Morgan fingerprint density at radius 3 is 2.33 bits per heavy atom. The Labute approximate surface area is 160 Å². The summed E-state index contributed by atoms with van der Waals surface area (Å²) in [4.78, 5) is 12.7. The van der Waals surface area contributed by atoms with Crippen molar-refractivity contribution in [2.24, 2.45) is 0 Å². The Balaban J connectivity index is 1.69. The van der Waals surface area contributed by atoms with E-state index in [4.69, 9.17) is 4.74 Å². The van der Waals surface area contributed by atoms with Crippen LogP contribution in [0.3, 0.4) is 0 Å². The summed E-state index contributed by atoms with van der Waals surface area (Å²) in [6, 6.07) is 11.5. The summed E-state index contributed by atoms with van der Waals surface area (Å²) in [6.07, 6.45) is 3.88. The molecule has 0 atom stereocenters. The Bertz CT molecular complexity index is 917. The zero-order chi connectivity index (χ0) is 19.4. The van der Waals surface area contributed by atoms with Crippen LogP contribution in [0.1, 0.15) is 41.6 Å². The lowest BCUT2D eigenvalue weighted by Gasteiger charge is -2.13. The van der Waals surface area contributed by atoms with Crippen LogP contribution in [-0.4, -0.2) is 27.5 Å². The van der Waals surface area contributed by atoms with Gasteiger partial charge >= 0.3 is 0 Å². The summed E-state index contributed by atoms with van der Waals surface area (Å²) in [7, 11) is -1.96. The van der Waals surface area contributed by atoms with E-state index in [9.17, 15) is 13.2 Å². The van der Waals surface area contributed by atoms with Gasteiger partial charge in [0.05, 0.1) is 12.0 Å². The molecule has 144 valence electrons. The smallest absolute Gasteiger partial charge is 0.255 e. The molecule has 3 rings (SSSR count). The molecule has 0 aromatic heterocycles. The highest BCUT2D eigenvalue weighted by Crippen LogP contribution is 2.22. The van der Waals surface area contributed by atoms with Crippen LogP contribution in [0.5, 0.6) is 5.75 Å². The van der Waals surface area contributed by atoms with E-state index in [0.717, 1.165) is 31.2 Å². The van der Waals surface area contributed by atoms with E-state index in [0.29, 0.717) is 17.0 Å². The molecule has 0 bridgehead atoms. The zero-order valence-electron chi connectivity index (χ0n) is 15.5. The van der Waals surface area contributed by atoms with E-state index >= 15 is 0 Å². The van der Waals surface area contributed by atoms with Gasteiger partial charge < -0.3 is 10.1 Å². The van der Waals surface area contributed by atoms with Gasteiger partial charge in [0, 0.05) is 17.3 Å². The van der Waals surface area contributed by atoms with E-state index in [1.807, 2.05) is 6.92 Å². The SMILES string of the molecule is COc1ccc(C(=O)Nc2ccc(S(=O)(=O)NC3CCCC3)cc2)c(C)c1. The molecule has 0 saturated heterocycles. The number of rotatable bonds is 6. The number of hydrogen-bond acceptors (Lipinski definition) is 4. The summed E-state index contributed by atoms with van der Waals surface area (Å²) in [5.41, 5.74) is 1.87. The van der Waals surface area contributed by atoms with Crippen LogP contribution < -0.4 is 14.8 Å². The third-order valence-corrected chi connectivity index (χ3v) is 6.31. The summed E-state index contributed by atoms with van der Waals surface area (Å²) >= 11 is 0. The van der Waals surface area contributed by atoms with Gasteiger partial charge in [-0.15, -0.1) is 0 Å². The number of aryl methyl sites for hydroxylation is 1. The second-order valence-electron chi connectivity index (χ2n) is 6.76. The number of carbonyl (C=O) groups excluding carboxylic acids is 1. The van der Waals surface area contributed by atoms with Crippen LogP contribution >= 0.6 is 0 Å². The number of carbonyl (C=O) groups is 1. The molecular weight excluding hydrogens is 364 g/mol. The molecule has 0 unspecified atom stereocenters. The highest BCUT2D eigenvalue weighted by atomic mass is 32.2. The van der Waals surface area contributed by atoms with E-state index in [2.05, 4.69) is 10.0 Å². The number of anilines is 1. The molecule has 2 N–H and O–H groups in total. The molecule has 27 heavy (non-hydrogen) atoms. The van der Waals surface area contributed by atoms with Crippen molar-refractivity contribution in [1.82, 2.24) is 4.72 Å². The topological polar surface area (TPSA) is 84.5 Å². The molecular formula is C20H24N2O4S. The Kier molecular flexibility index (Phi) is 5.82. The van der Waals surface area contributed by atoms with Crippen LogP contribution in [0.25, 0.3) is 0 Å². The molecule has 2 aromatic rings. The minimum atomic E-state index is -3.53. The highest BCUT2D eigenvalue weighted by molar-refractivity contribution is 7.89. The zero-order valence-corrected chi connectivity index (χ0v) is 16.3. The van der Waals surface area contributed by atoms with Gasteiger partial charge in [-0.25, -0.2) is 13.1 Å². The Morgan fingerprint density at radius 2 is 1.74 bits per heavy atom. The number of hydrogen-bond donors (Lipinski definition) is 2. The lowest BCUT2D eigenvalue weighted by Crippen LogP contribution is -2.32. The van der Waals surface area contributed by atoms with Crippen molar-refractivity contribution >= 4 is 21.6 Å². The van der Waals surface area contributed by atoms with Crippen LogP contribution in [0, 0.1) is 6.92 Å². The molecule has 0 heterocycles. The molecule has 6 nitrogen and oxygen atoms in total. The fourth-order valence-electron chi connectivity index (χ4n) is 3.26. The van der Waals surface area contributed by atoms with Gasteiger partial charge in [-0.05, 0) is 67.8 Å². The van der Waals surface area contributed by atoms with Crippen molar-refractivity contribution in [2.75, 3.05) is 12.4 Å². The van der Waals surface area contributed by atoms with Crippen molar-refractivity contribution in [1.29, 1.82) is 0 Å². The van der Waals surface area contributed by atoms with Gasteiger partial charge in [0.25, 0.3) is 5.91 Å². The van der Waals surface area contributed by atoms with E-state index in [-0.39, 0.29) is 16.8 Å². The standard InChI is InChI=1S/C20H24N2O4S/c1-14-13-17(26-2)9-12-19(14)20(23)21-15-7-10-18(11-8-15)27(24,25)22-16-5-3-4-6-16/h7-13,16,22H,3-6H2,1-2H3,(H,21,23). The minimum Gasteiger partial charge on any atom is -0.497 e. The van der Waals surface area contributed by atoms with Crippen molar-refractivity contribution in [2.45, 2.75) is 43.5 Å². The number of benzene rings is 2. The number of sulfonamides is 1. The molecule has 0 aliphatic heterocycles. The highest BCUT2D eigenvalue weighted by Gasteiger charge is 2.22. The molecule has 1 saturated carbocycles. The molecule has 7 heteroatoms. The fraction of sp³-hybridized carbons (Fsp3) is 0.350. The Morgan fingerprint density at radius 1 is 1.07 bits per heavy atom. The van der Waals surface area contributed by atoms with Gasteiger partial charge in [0.15, 0.2) is 0 Å². The van der Waals surface area contributed by atoms with Gasteiger partial charge in [-0.3, -0.25) is 4.79 Å². The first-order valence-corrected chi connectivity index (χ1v) is 10.5. The predicted molar refractivity (Wildman–Crippen MR) is 105 cm³/mol. The van der Waals surface area contributed by atoms with Gasteiger partial charge in [0.2, 0.25) is 10.0 Å². The monoisotopic (exact) mass is 388 g/mol. The molecule has 1 fully saturated rings. The van der Waals surface area contributed by atoms with Gasteiger partial charge in [-0.2, -0.15) is 0 Å². The fourth-order valence-corrected chi connectivity index (χ4v) is 4.57. The van der Waals surface area contributed by atoms with Crippen LogP contribution in [0.2, 0.25) is 0 Å². The quantitative estimate of drug-likeness (QED) is 0.793. The maximum absolute atomic E-state index is 12.5. The van der Waals surface area contributed by atoms with Crippen LogP contribution in [0.4, 0.5) is 5.69 Å². The van der Waals surface area contributed by atoms with E-state index in [1.165, 1.54) is 12.1 Å². The molecule has 2 aromatic carbocycles. The average Bonchev–Trinajstić information content (AvgIpc) is 3.14. The van der Waals surface area contributed by atoms with Crippen molar-refractivity contribution in [3.63, 3.8) is 0 Å². The number of ether oxygens (including phenoxy) is 1. The van der Waals surface area contributed by atoms with Crippen LogP contribution in [-0.2, 0) is 10.0 Å². The van der Waals surface area contributed by atoms with E-state index < -0.39 is 10.0 Å². The average molecular weight is 388 g/mol. The number of methoxy groups -OCH3 is 1. The van der Waals surface area contributed by atoms with Crippen molar-refractivity contribution in [3.05, 3.63) is 53.6 Å². The second kappa shape index (κ2) is 8.10.